The Morgan fingerprint density at radius 2 is 1.82 bits per heavy atom. The molecule has 2 amide bonds. The van der Waals surface area contributed by atoms with Gasteiger partial charge in [0, 0.05) is 24.4 Å². The first-order chi connectivity index (χ1) is 16.0. The first kappa shape index (κ1) is 26.2. The number of nitrogens with zero attached hydrogens (tertiary/aromatic N) is 2. The lowest BCUT2D eigenvalue weighted by Crippen LogP contribution is -2.54. The second kappa shape index (κ2) is 10.9. The van der Waals surface area contributed by atoms with Gasteiger partial charge >= 0.3 is 5.97 Å². The number of β-amino-alcohol motifs (C(OH)–C–C–N with tert-alkyl or cyclic N) is 1. The summed E-state index contributed by atoms with van der Waals surface area (Å²) in [6, 6.07) is 0.762. The molecule has 8 heteroatoms. The van der Waals surface area contributed by atoms with Crippen LogP contribution in [0.25, 0.3) is 0 Å². The second-order valence-corrected chi connectivity index (χ2v) is 11.5. The number of aliphatic hydroxyl groups excluding tert-OH is 1. The van der Waals surface area contributed by atoms with Gasteiger partial charge in [-0.2, -0.15) is 0 Å². The molecule has 2 N–H and O–H groups in total. The molecule has 2 heterocycles. The third-order valence-corrected chi connectivity index (χ3v) is 7.40. The number of aromatic carboxylic acids is 1. The van der Waals surface area contributed by atoms with E-state index in [0.717, 1.165) is 43.4 Å². The maximum absolute atomic E-state index is 13.8. The van der Waals surface area contributed by atoms with Crippen LogP contribution >= 0.6 is 11.3 Å². The summed E-state index contributed by atoms with van der Waals surface area (Å²) in [5.41, 5.74) is -0.0200. The molecule has 7 nitrogen and oxygen atoms in total. The van der Waals surface area contributed by atoms with E-state index in [9.17, 15) is 24.6 Å². The van der Waals surface area contributed by atoms with Crippen LogP contribution in [0.4, 0.5) is 5.69 Å². The molecule has 1 aliphatic carbocycles. The molecule has 3 rings (SSSR count). The molecule has 186 valence electrons. The van der Waals surface area contributed by atoms with Gasteiger partial charge in [0.2, 0.25) is 11.8 Å². The SMILES string of the molecule is C[C@@H](C(=O)N1CCCC(O)C1)N(C(=O)C1CCCCC1)c1cc(C#CC(C)(C)C)sc1C(=O)O. The molecule has 1 aromatic rings. The van der Waals surface area contributed by atoms with Crippen LogP contribution in [0.2, 0.25) is 0 Å². The van der Waals surface area contributed by atoms with Crippen molar-refractivity contribution in [2.24, 2.45) is 11.3 Å². The van der Waals surface area contributed by atoms with Crippen LogP contribution in [0.5, 0.6) is 0 Å². The predicted molar refractivity (Wildman–Crippen MR) is 133 cm³/mol. The average molecular weight is 489 g/mol. The van der Waals surface area contributed by atoms with Crippen molar-refractivity contribution in [3.05, 3.63) is 15.8 Å². The Bertz CT molecular complexity index is 978. The lowest BCUT2D eigenvalue weighted by molar-refractivity contribution is -0.137. The number of carboxylic acid groups (broad SMARTS) is 1. The molecular weight excluding hydrogens is 452 g/mol. The van der Waals surface area contributed by atoms with E-state index in [1.165, 1.54) is 4.90 Å². The Labute approximate surface area is 206 Å². The smallest absolute Gasteiger partial charge is 0.348 e. The van der Waals surface area contributed by atoms with Crippen molar-refractivity contribution in [1.82, 2.24) is 4.90 Å². The summed E-state index contributed by atoms with van der Waals surface area (Å²) in [6.45, 7) is 8.32. The van der Waals surface area contributed by atoms with E-state index in [4.69, 9.17) is 0 Å². The maximum Gasteiger partial charge on any atom is 0.348 e. The van der Waals surface area contributed by atoms with Crippen LogP contribution in [0.1, 0.15) is 87.2 Å². The first-order valence-corrected chi connectivity index (χ1v) is 13.0. The van der Waals surface area contributed by atoms with E-state index < -0.39 is 18.1 Å². The fraction of sp³-hybridized carbons (Fsp3) is 0.654. The highest BCUT2D eigenvalue weighted by Crippen LogP contribution is 2.35. The summed E-state index contributed by atoms with van der Waals surface area (Å²) in [7, 11) is 0. The highest BCUT2D eigenvalue weighted by molar-refractivity contribution is 7.15. The molecule has 1 aliphatic heterocycles. The molecule has 1 saturated heterocycles. The third kappa shape index (κ3) is 6.39. The van der Waals surface area contributed by atoms with Crippen LogP contribution in [0.3, 0.4) is 0 Å². The maximum atomic E-state index is 13.8. The summed E-state index contributed by atoms with van der Waals surface area (Å²) in [5.74, 6) is 4.32. The van der Waals surface area contributed by atoms with E-state index in [1.807, 2.05) is 20.8 Å². The molecule has 1 aromatic heterocycles. The molecule has 2 fully saturated rings. The van der Waals surface area contributed by atoms with Gasteiger partial charge in [0.25, 0.3) is 0 Å². The molecule has 1 saturated carbocycles. The molecule has 0 aromatic carbocycles. The summed E-state index contributed by atoms with van der Waals surface area (Å²) in [4.78, 5) is 42.9. The van der Waals surface area contributed by atoms with Crippen LogP contribution in [-0.4, -0.2) is 58.1 Å². The summed E-state index contributed by atoms with van der Waals surface area (Å²) in [5, 5.41) is 20.0. The van der Waals surface area contributed by atoms with E-state index >= 15 is 0 Å². The third-order valence-electron chi connectivity index (χ3n) is 6.37. The molecule has 2 aliphatic rings. The highest BCUT2D eigenvalue weighted by Gasteiger charge is 2.38. The molecule has 0 spiro atoms. The Kier molecular flexibility index (Phi) is 8.43. The Morgan fingerprint density at radius 3 is 2.41 bits per heavy atom. The van der Waals surface area contributed by atoms with Gasteiger partial charge in [-0.15, -0.1) is 11.3 Å². The predicted octanol–water partition coefficient (Wildman–Crippen LogP) is 4.13. The molecule has 0 radical (unpaired) electrons. The fourth-order valence-electron chi connectivity index (χ4n) is 4.62. The largest absolute Gasteiger partial charge is 0.477 e. The Morgan fingerprint density at radius 1 is 1.15 bits per heavy atom. The van der Waals surface area contributed by atoms with E-state index in [1.54, 1.807) is 17.9 Å². The quantitative estimate of drug-likeness (QED) is 0.608. The Hall–Kier alpha value is -2.37. The minimum absolute atomic E-state index is 0.0145. The number of hydrogen-bond donors (Lipinski definition) is 2. The van der Waals surface area contributed by atoms with E-state index in [2.05, 4.69) is 11.8 Å². The number of likely N-dealkylation sites (tertiary alicyclic amines) is 1. The van der Waals surface area contributed by atoms with Crippen molar-refractivity contribution in [1.29, 1.82) is 0 Å². The average Bonchev–Trinajstić information content (AvgIpc) is 3.21. The van der Waals surface area contributed by atoms with Crippen molar-refractivity contribution in [2.45, 2.75) is 84.8 Å². The molecular formula is C26H36N2O5S. The van der Waals surface area contributed by atoms with Gasteiger partial charge in [-0.05, 0) is 59.4 Å². The minimum atomic E-state index is -1.14. The van der Waals surface area contributed by atoms with Gasteiger partial charge in [-0.3, -0.25) is 14.5 Å². The summed E-state index contributed by atoms with van der Waals surface area (Å²) < 4.78 is 0. The number of carbonyl (C=O) groups excluding carboxylic acids is 2. The lowest BCUT2D eigenvalue weighted by atomic mass is 9.87. The van der Waals surface area contributed by atoms with Crippen LogP contribution in [-0.2, 0) is 9.59 Å². The number of carboxylic acids is 1. The van der Waals surface area contributed by atoms with Crippen molar-refractivity contribution in [3.63, 3.8) is 0 Å². The number of amides is 2. The zero-order valence-corrected chi connectivity index (χ0v) is 21.4. The number of carbonyl (C=O) groups is 3. The zero-order chi connectivity index (χ0) is 25.0. The number of piperidine rings is 1. The van der Waals surface area contributed by atoms with Gasteiger partial charge in [-0.1, -0.05) is 31.1 Å². The Balaban J connectivity index is 2.03. The van der Waals surface area contributed by atoms with Crippen LogP contribution < -0.4 is 4.90 Å². The molecule has 1 unspecified atom stereocenters. The highest BCUT2D eigenvalue weighted by atomic mass is 32.1. The molecule has 2 atom stereocenters. The second-order valence-electron chi connectivity index (χ2n) is 10.4. The zero-order valence-electron chi connectivity index (χ0n) is 20.6. The van der Waals surface area contributed by atoms with Gasteiger partial charge in [-0.25, -0.2) is 4.79 Å². The van der Waals surface area contributed by atoms with Gasteiger partial charge in [0.05, 0.1) is 16.7 Å². The topological polar surface area (TPSA) is 98.2 Å². The van der Waals surface area contributed by atoms with E-state index in [0.29, 0.717) is 24.3 Å². The van der Waals surface area contributed by atoms with Crippen molar-refractivity contribution in [3.8, 4) is 11.8 Å². The van der Waals surface area contributed by atoms with Crippen LogP contribution in [0, 0.1) is 23.2 Å². The van der Waals surface area contributed by atoms with Gasteiger partial charge in [0.1, 0.15) is 10.9 Å². The van der Waals surface area contributed by atoms with Gasteiger partial charge < -0.3 is 15.1 Å². The summed E-state index contributed by atoms with van der Waals surface area (Å²) in [6.07, 6.45) is 5.21. The fourth-order valence-corrected chi connectivity index (χ4v) is 5.46. The van der Waals surface area contributed by atoms with Crippen molar-refractivity contribution in [2.75, 3.05) is 18.0 Å². The summed E-state index contributed by atoms with van der Waals surface area (Å²) >= 11 is 1.03. The molecule has 0 bridgehead atoms. The normalized spacial score (nSPS) is 20.3. The number of hydrogen-bond acceptors (Lipinski definition) is 5. The van der Waals surface area contributed by atoms with E-state index in [-0.39, 0.29) is 40.3 Å². The number of aliphatic hydroxyl groups is 1. The van der Waals surface area contributed by atoms with Crippen LogP contribution in [0.15, 0.2) is 6.07 Å². The lowest BCUT2D eigenvalue weighted by Gasteiger charge is -2.37. The van der Waals surface area contributed by atoms with Gasteiger partial charge in [0.15, 0.2) is 0 Å². The molecule has 34 heavy (non-hydrogen) atoms. The number of anilines is 1. The van der Waals surface area contributed by atoms with Crippen molar-refractivity contribution < 1.29 is 24.6 Å². The monoisotopic (exact) mass is 488 g/mol. The standard InChI is InChI=1S/C26H36N2O5S/c1-17(23(30)27-14-8-11-19(29)16-27)28(24(31)18-9-6-5-7-10-18)21-15-20(12-13-26(2,3)4)34-22(21)25(32)33/h15,17-19,29H,5-11,14,16H2,1-4H3,(H,32,33)/t17-,19?/m0/s1. The minimum Gasteiger partial charge on any atom is -0.477 e. The first-order valence-electron chi connectivity index (χ1n) is 12.2. The van der Waals surface area contributed by atoms with Crippen molar-refractivity contribution >= 4 is 34.8 Å². The number of rotatable bonds is 5. The number of thiophene rings is 1.